The minimum atomic E-state index is -2.01. The Balaban J connectivity index is 1.67. The van der Waals surface area contributed by atoms with Gasteiger partial charge in [0.25, 0.3) is 0 Å². The van der Waals surface area contributed by atoms with Crippen LogP contribution in [0.4, 0.5) is 0 Å². The third-order valence-corrected chi connectivity index (χ3v) is 6.52. The number of aliphatic carboxylic acids is 1. The standard InChI is InChI=1S/C27H28O16/c1-27(39,7-17(32)33)8-18(34)40-9-16-20(35)22(37)23(38)26(42-16)43-25-21(36)19-14(31)5-11(28)6-15(19)41-24(25)10-2-3-12(29)13(30)4-10/h2-6,16,20,22-23,26,28-31,35,37-39H,7-9H2,1H3,(H,32,33)/t16-,20+,22+,23-,26+,27?/m1/s1. The molecule has 1 saturated heterocycles. The molecule has 16 nitrogen and oxygen atoms in total. The summed E-state index contributed by atoms with van der Waals surface area (Å²) in [5.74, 6) is -5.93. The Morgan fingerprint density at radius 1 is 0.930 bits per heavy atom. The second kappa shape index (κ2) is 11.9. The van der Waals surface area contributed by atoms with E-state index in [1.54, 1.807) is 0 Å². The maximum atomic E-state index is 13.5. The van der Waals surface area contributed by atoms with E-state index >= 15 is 0 Å². The van der Waals surface area contributed by atoms with Crippen LogP contribution in [-0.4, -0.2) is 101 Å². The summed E-state index contributed by atoms with van der Waals surface area (Å²) < 4.78 is 21.8. The number of carbonyl (C=O) groups excluding carboxylic acids is 1. The number of hydrogen-bond acceptors (Lipinski definition) is 15. The van der Waals surface area contributed by atoms with E-state index < -0.39 is 113 Å². The summed E-state index contributed by atoms with van der Waals surface area (Å²) in [5.41, 5.74) is -3.39. The Bertz CT molecular complexity index is 1590. The molecule has 6 atom stereocenters. The smallest absolute Gasteiger partial charge is 0.308 e. The molecule has 0 bridgehead atoms. The quantitative estimate of drug-likeness (QED) is 0.111. The normalized spacial score (nSPS) is 23.4. The number of rotatable bonds is 9. The molecule has 232 valence electrons. The summed E-state index contributed by atoms with van der Waals surface area (Å²) in [6.45, 7) is 0.329. The maximum absolute atomic E-state index is 13.5. The Labute approximate surface area is 240 Å². The number of phenolic OH excluding ortho intramolecular Hbond substituents is 4. The zero-order chi connectivity index (χ0) is 31.8. The molecular weight excluding hydrogens is 580 g/mol. The molecule has 4 rings (SSSR count). The van der Waals surface area contributed by atoms with Crippen molar-refractivity contribution in [2.24, 2.45) is 0 Å². The number of carboxylic acids is 1. The van der Waals surface area contributed by atoms with Crippen LogP contribution in [0.5, 0.6) is 28.7 Å². The highest BCUT2D eigenvalue weighted by molar-refractivity contribution is 5.88. The van der Waals surface area contributed by atoms with Crippen molar-refractivity contribution in [3.63, 3.8) is 0 Å². The van der Waals surface area contributed by atoms with E-state index in [-0.39, 0.29) is 11.1 Å². The van der Waals surface area contributed by atoms with Gasteiger partial charge in [0, 0.05) is 17.7 Å². The largest absolute Gasteiger partial charge is 0.508 e. The molecule has 1 aliphatic heterocycles. The molecule has 0 spiro atoms. The zero-order valence-electron chi connectivity index (χ0n) is 22.3. The van der Waals surface area contributed by atoms with Crippen LogP contribution in [0.25, 0.3) is 22.3 Å². The predicted molar refractivity (Wildman–Crippen MR) is 140 cm³/mol. The topological polar surface area (TPSA) is 274 Å². The molecule has 0 radical (unpaired) electrons. The lowest BCUT2D eigenvalue weighted by atomic mass is 9.98. The molecule has 0 saturated carbocycles. The van der Waals surface area contributed by atoms with Crippen LogP contribution in [0.3, 0.4) is 0 Å². The summed E-state index contributed by atoms with van der Waals surface area (Å²) in [4.78, 5) is 36.6. The van der Waals surface area contributed by atoms with Crippen LogP contribution in [0.1, 0.15) is 19.8 Å². The van der Waals surface area contributed by atoms with E-state index in [2.05, 4.69) is 0 Å². The SMILES string of the molecule is CC(O)(CC(=O)O)CC(=O)OC[C@H]1O[C@@H](Oc2c(-c3ccc(O)c(O)c3)oc3cc(O)cc(O)c3c2=O)[C@H](O)[C@@H](O)[C@H]1O. The monoisotopic (exact) mass is 608 g/mol. The van der Waals surface area contributed by atoms with E-state index in [4.69, 9.17) is 23.7 Å². The van der Waals surface area contributed by atoms with Crippen molar-refractivity contribution in [3.8, 4) is 40.1 Å². The summed E-state index contributed by atoms with van der Waals surface area (Å²) >= 11 is 0. The number of benzene rings is 2. The van der Waals surface area contributed by atoms with Crippen molar-refractivity contribution in [2.75, 3.05) is 6.61 Å². The van der Waals surface area contributed by atoms with Gasteiger partial charge in [0.05, 0.1) is 18.4 Å². The molecule has 3 aromatic rings. The van der Waals surface area contributed by atoms with Gasteiger partial charge in [-0.15, -0.1) is 0 Å². The molecule has 2 heterocycles. The Kier molecular flexibility index (Phi) is 8.70. The highest BCUT2D eigenvalue weighted by Gasteiger charge is 2.46. The number of fused-ring (bicyclic) bond motifs is 1. The van der Waals surface area contributed by atoms with Crippen molar-refractivity contribution >= 4 is 22.9 Å². The number of esters is 1. The fourth-order valence-corrected chi connectivity index (χ4v) is 4.42. The van der Waals surface area contributed by atoms with Gasteiger partial charge in [-0.2, -0.15) is 0 Å². The fraction of sp³-hybridized carbons (Fsp3) is 0.370. The van der Waals surface area contributed by atoms with E-state index in [0.717, 1.165) is 31.2 Å². The predicted octanol–water partition coefficient (Wildman–Crippen LogP) is -0.372. The van der Waals surface area contributed by atoms with Crippen molar-refractivity contribution in [1.82, 2.24) is 0 Å². The van der Waals surface area contributed by atoms with Crippen molar-refractivity contribution < 1.29 is 74.2 Å². The molecule has 1 aliphatic rings. The minimum Gasteiger partial charge on any atom is -0.508 e. The minimum absolute atomic E-state index is 0.0584. The van der Waals surface area contributed by atoms with Gasteiger partial charge >= 0.3 is 11.9 Å². The van der Waals surface area contributed by atoms with Crippen molar-refractivity contribution in [2.45, 2.75) is 56.1 Å². The third-order valence-electron chi connectivity index (χ3n) is 6.52. The maximum Gasteiger partial charge on any atom is 0.308 e. The van der Waals surface area contributed by atoms with E-state index in [0.29, 0.717) is 0 Å². The lowest BCUT2D eigenvalue weighted by molar-refractivity contribution is -0.278. The molecule has 2 aromatic carbocycles. The molecule has 1 aromatic heterocycles. The first-order valence-corrected chi connectivity index (χ1v) is 12.6. The lowest BCUT2D eigenvalue weighted by Crippen LogP contribution is -2.60. The van der Waals surface area contributed by atoms with Crippen LogP contribution in [0.2, 0.25) is 0 Å². The Morgan fingerprint density at radius 3 is 2.28 bits per heavy atom. The molecule has 1 fully saturated rings. The van der Waals surface area contributed by atoms with Gasteiger partial charge in [0.2, 0.25) is 17.5 Å². The van der Waals surface area contributed by atoms with Crippen LogP contribution in [0.15, 0.2) is 39.5 Å². The van der Waals surface area contributed by atoms with Gasteiger partial charge in [0.15, 0.2) is 17.3 Å². The van der Waals surface area contributed by atoms with Gasteiger partial charge < -0.3 is 64.6 Å². The number of carboxylic acid groups (broad SMARTS) is 1. The highest BCUT2D eigenvalue weighted by atomic mass is 16.7. The molecular formula is C27H28O16. The first kappa shape index (κ1) is 31.3. The first-order chi connectivity index (χ1) is 20.1. The van der Waals surface area contributed by atoms with E-state index in [1.165, 1.54) is 6.07 Å². The van der Waals surface area contributed by atoms with Crippen LogP contribution in [-0.2, 0) is 19.1 Å². The summed E-state index contributed by atoms with van der Waals surface area (Å²) in [7, 11) is 0. The van der Waals surface area contributed by atoms with Crippen molar-refractivity contribution in [3.05, 3.63) is 40.6 Å². The van der Waals surface area contributed by atoms with Gasteiger partial charge in [0.1, 0.15) is 53.5 Å². The second-order valence-corrected chi connectivity index (χ2v) is 10.2. The zero-order valence-corrected chi connectivity index (χ0v) is 22.3. The van der Waals surface area contributed by atoms with Gasteiger partial charge in [-0.3, -0.25) is 14.4 Å². The average molecular weight is 609 g/mol. The van der Waals surface area contributed by atoms with E-state index in [1.807, 2.05) is 0 Å². The van der Waals surface area contributed by atoms with Gasteiger partial charge in [-0.25, -0.2) is 0 Å². The highest BCUT2D eigenvalue weighted by Crippen LogP contribution is 2.39. The molecule has 0 amide bonds. The molecule has 43 heavy (non-hydrogen) atoms. The van der Waals surface area contributed by atoms with Gasteiger partial charge in [-0.1, -0.05) is 0 Å². The fourth-order valence-electron chi connectivity index (χ4n) is 4.42. The molecule has 1 unspecified atom stereocenters. The lowest BCUT2D eigenvalue weighted by Gasteiger charge is -2.39. The van der Waals surface area contributed by atoms with Crippen LogP contribution >= 0.6 is 0 Å². The van der Waals surface area contributed by atoms with Crippen LogP contribution < -0.4 is 10.2 Å². The number of hydrogen-bond donors (Lipinski definition) is 9. The van der Waals surface area contributed by atoms with Crippen molar-refractivity contribution in [1.29, 1.82) is 0 Å². The second-order valence-electron chi connectivity index (χ2n) is 10.2. The van der Waals surface area contributed by atoms with E-state index in [9.17, 15) is 55.2 Å². The van der Waals surface area contributed by atoms with Gasteiger partial charge in [-0.05, 0) is 25.1 Å². The molecule has 16 heteroatoms. The number of ether oxygens (including phenoxy) is 3. The number of aromatic hydroxyl groups is 4. The summed E-state index contributed by atoms with van der Waals surface area (Å²) in [5, 5.41) is 89.8. The third kappa shape index (κ3) is 6.73. The number of phenols is 4. The number of aliphatic hydroxyl groups is 4. The average Bonchev–Trinajstić information content (AvgIpc) is 2.89. The van der Waals surface area contributed by atoms with Crippen LogP contribution in [0, 0.1) is 0 Å². The Hall–Kier alpha value is -4.61. The Morgan fingerprint density at radius 2 is 1.63 bits per heavy atom. The molecule has 0 aliphatic carbocycles. The number of aliphatic hydroxyl groups excluding tert-OH is 3. The summed E-state index contributed by atoms with van der Waals surface area (Å²) in [6, 6.07) is 5.12. The molecule has 9 N–H and O–H groups in total. The summed E-state index contributed by atoms with van der Waals surface area (Å²) in [6.07, 6.45) is -10.9. The first-order valence-electron chi connectivity index (χ1n) is 12.6. The number of carbonyl (C=O) groups is 2.